The lowest BCUT2D eigenvalue weighted by Crippen LogP contribution is -2.49. The van der Waals surface area contributed by atoms with Crippen molar-refractivity contribution in [3.05, 3.63) is 6.57 Å². The van der Waals surface area contributed by atoms with Crippen LogP contribution in [0.3, 0.4) is 0 Å². The zero-order chi connectivity index (χ0) is 7.21. The van der Waals surface area contributed by atoms with Crippen molar-refractivity contribution < 1.29 is 20.1 Å². The molecule has 0 saturated carbocycles. The second-order valence-electron chi connectivity index (χ2n) is 0.888. The van der Waals surface area contributed by atoms with Crippen molar-refractivity contribution in [2.24, 2.45) is 0 Å². The molecular weight excluding hydrogens is 131 g/mol. The first-order chi connectivity index (χ1) is 3.56. The van der Waals surface area contributed by atoms with E-state index in [0.717, 1.165) is 0 Å². The Morgan fingerprint density at radius 1 is 1.62 bits per heavy atom. The molecule has 0 fully saturated rings. The van der Waals surface area contributed by atoms with Crippen molar-refractivity contribution >= 4 is 7.60 Å². The molecule has 0 saturated heterocycles. The van der Waals surface area contributed by atoms with Crippen molar-refractivity contribution in [3.63, 3.8) is 0 Å². The Morgan fingerprint density at radius 2 is 1.75 bits per heavy atom. The monoisotopic (exact) mass is 138 g/mol. The maximum atomic E-state index is 9.63. The van der Waals surface area contributed by atoms with Crippen molar-refractivity contribution in [3.8, 4) is 0 Å². The van der Waals surface area contributed by atoms with Crippen LogP contribution in [-0.2, 0) is 4.57 Å². The highest BCUT2D eigenvalue weighted by molar-refractivity contribution is 7.51. The average molecular weight is 138 g/mol. The van der Waals surface area contributed by atoms with Gasteiger partial charge in [0.2, 0.25) is 0 Å². The predicted molar refractivity (Wildman–Crippen MR) is 24.8 cm³/mol. The predicted octanol–water partition coefficient (Wildman–Crippen LogP) is -1.54. The topological polar surface area (TPSA) is 109 Å². The van der Waals surface area contributed by atoms with Crippen LogP contribution in [0.2, 0.25) is 0 Å². The van der Waals surface area contributed by atoms with Gasteiger partial charge >= 0.3 is 7.60 Å². The molecule has 0 aliphatic heterocycles. The van der Waals surface area contributed by atoms with Gasteiger partial charge in [-0.1, -0.05) is 0 Å². The van der Waals surface area contributed by atoms with Gasteiger partial charge in [-0.3, -0.25) is 4.57 Å². The summed E-state index contributed by atoms with van der Waals surface area (Å²) >= 11 is 0. The normalized spacial score (nSPS) is 9.12. The highest BCUT2D eigenvalue weighted by Crippen LogP contribution is 2.29. The zero-order valence-corrected chi connectivity index (χ0v) is 5.01. The molecule has 0 aliphatic carbocycles. The van der Waals surface area contributed by atoms with E-state index in [1.54, 1.807) is 0 Å². The van der Waals surface area contributed by atoms with Gasteiger partial charge < -0.3 is 27.4 Å². The number of nitrogens with zero attached hydrogens (tertiary/aromatic N) is 1. The first-order valence-corrected chi connectivity index (χ1v) is 3.42. The van der Waals surface area contributed by atoms with Gasteiger partial charge in [0.05, 0.1) is 0 Å². The average Bonchev–Trinajstić information content (AvgIpc) is 1.71. The van der Waals surface area contributed by atoms with Gasteiger partial charge in [-0.25, -0.2) is 0 Å². The third-order valence-electron chi connectivity index (χ3n) is 0.291. The molecule has 0 amide bonds. The summed E-state index contributed by atoms with van der Waals surface area (Å²) < 4.78 is 9.63. The first-order valence-electron chi connectivity index (χ1n) is 1.62. The molecule has 0 atom stereocenters. The fraction of sp³-hybridized carbons (Fsp3) is 0.500. The summed E-state index contributed by atoms with van der Waals surface area (Å²) in [5.74, 6) is 0. The number of hydrogen-bond acceptors (Lipinski definition) is 2. The lowest BCUT2D eigenvalue weighted by molar-refractivity contribution is -0.345. The molecule has 0 bridgehead atoms. The summed E-state index contributed by atoms with van der Waals surface area (Å²) in [4.78, 5) is 15.8. The van der Waals surface area contributed by atoms with Crippen LogP contribution in [-0.4, -0.2) is 16.1 Å². The van der Waals surface area contributed by atoms with Crippen molar-refractivity contribution in [1.29, 1.82) is 5.26 Å². The van der Waals surface area contributed by atoms with Crippen LogP contribution in [0.25, 0.3) is 0 Å². The number of hydrogen-bond donors (Lipinski definition) is 3. The summed E-state index contributed by atoms with van der Waals surface area (Å²) in [6, 6.07) is 0. The molecule has 5 N–H and O–H groups in total. The maximum absolute atomic E-state index is 9.63. The van der Waals surface area contributed by atoms with Crippen LogP contribution in [0, 0.1) is 11.8 Å². The van der Waals surface area contributed by atoms with E-state index in [9.17, 15) is 4.57 Å². The second kappa shape index (κ2) is 4.75. The minimum absolute atomic E-state index is 0.312. The SMILES string of the molecule is [C-]#N.[NH3+]CP(=O)(O)O. The zero-order valence-electron chi connectivity index (χ0n) is 4.11. The van der Waals surface area contributed by atoms with E-state index < -0.39 is 7.60 Å². The second-order valence-corrected chi connectivity index (χ2v) is 2.66. The molecule has 8 heavy (non-hydrogen) atoms. The standard InChI is InChI=1S/CH6NO3P.CN/c2-1-6(3,4)5;1-2/h1-2H2,(H2,3,4,5);/q;-1/p+1. The number of rotatable bonds is 1. The van der Waals surface area contributed by atoms with Gasteiger partial charge in [-0.15, -0.1) is 0 Å². The first kappa shape index (κ1) is 10.6. The Bertz CT molecular complexity index is 105. The molecule has 0 unspecified atom stereocenters. The summed E-state index contributed by atoms with van der Waals surface area (Å²) in [7, 11) is -3.76. The highest BCUT2D eigenvalue weighted by atomic mass is 31.2. The minimum Gasteiger partial charge on any atom is -0.512 e. The molecule has 6 heteroatoms. The molecule has 0 aromatic rings. The van der Waals surface area contributed by atoms with E-state index in [1.807, 2.05) is 0 Å². The molecule has 48 valence electrons. The summed E-state index contributed by atoms with van der Waals surface area (Å²) in [6.07, 6.45) is -0.312. The number of quaternary nitrogens is 1. The van der Waals surface area contributed by atoms with Crippen LogP contribution in [0.5, 0.6) is 0 Å². The van der Waals surface area contributed by atoms with Crippen molar-refractivity contribution in [1.82, 2.24) is 0 Å². The summed E-state index contributed by atoms with van der Waals surface area (Å²) in [5.41, 5.74) is 2.99. The van der Waals surface area contributed by atoms with Gasteiger partial charge in [0.15, 0.2) is 6.29 Å². The quantitative estimate of drug-likeness (QED) is 0.301. The van der Waals surface area contributed by atoms with Gasteiger partial charge in [-0.2, -0.15) is 0 Å². The lowest BCUT2D eigenvalue weighted by Gasteiger charge is -1.89. The fourth-order valence-electron chi connectivity index (χ4n) is 0. The molecule has 0 aromatic carbocycles. The summed E-state index contributed by atoms with van der Waals surface area (Å²) in [6.45, 7) is 4.75. The molecule has 0 radical (unpaired) electrons. The Morgan fingerprint density at radius 3 is 1.75 bits per heavy atom. The van der Waals surface area contributed by atoms with Crippen LogP contribution in [0.1, 0.15) is 0 Å². The molecule has 0 aliphatic rings. The molecule has 0 heterocycles. The van der Waals surface area contributed by atoms with Crippen molar-refractivity contribution in [2.75, 3.05) is 6.29 Å². The van der Waals surface area contributed by atoms with Crippen LogP contribution in [0.15, 0.2) is 0 Å². The molecule has 0 rings (SSSR count). The smallest absolute Gasteiger partial charge is 0.379 e. The highest BCUT2D eigenvalue weighted by Gasteiger charge is 2.09. The van der Waals surface area contributed by atoms with E-state index in [-0.39, 0.29) is 6.29 Å². The van der Waals surface area contributed by atoms with Crippen LogP contribution >= 0.6 is 7.60 Å². The van der Waals surface area contributed by atoms with Gasteiger partial charge in [0.1, 0.15) is 0 Å². The van der Waals surface area contributed by atoms with E-state index >= 15 is 0 Å². The van der Waals surface area contributed by atoms with Crippen LogP contribution < -0.4 is 5.73 Å². The van der Waals surface area contributed by atoms with Crippen molar-refractivity contribution in [2.45, 2.75) is 0 Å². The van der Waals surface area contributed by atoms with E-state index in [4.69, 9.17) is 21.6 Å². The Labute approximate surface area is 46.9 Å². The fourth-order valence-corrected chi connectivity index (χ4v) is 0. The van der Waals surface area contributed by atoms with E-state index in [2.05, 4.69) is 5.73 Å². The Kier molecular flexibility index (Phi) is 6.27. The molecule has 5 nitrogen and oxygen atoms in total. The molecule has 0 aromatic heterocycles. The van der Waals surface area contributed by atoms with E-state index in [1.165, 1.54) is 0 Å². The summed E-state index contributed by atoms with van der Waals surface area (Å²) in [5, 5.41) is 6.25. The Hall–Kier alpha value is -0.400. The largest absolute Gasteiger partial charge is 0.512 e. The maximum Gasteiger partial charge on any atom is 0.379 e. The van der Waals surface area contributed by atoms with E-state index in [0.29, 0.717) is 0 Å². The third-order valence-corrected chi connectivity index (χ3v) is 0.874. The third kappa shape index (κ3) is 17.5. The molecule has 0 spiro atoms. The van der Waals surface area contributed by atoms with Gasteiger partial charge in [-0.05, 0) is 0 Å². The minimum atomic E-state index is -3.76. The lowest BCUT2D eigenvalue weighted by atomic mass is 11.6. The molecular formula is C2H7N2O3P. The van der Waals surface area contributed by atoms with Crippen LogP contribution in [0.4, 0.5) is 0 Å². The Balaban J connectivity index is 0. The van der Waals surface area contributed by atoms with Gasteiger partial charge in [0.25, 0.3) is 0 Å². The van der Waals surface area contributed by atoms with Gasteiger partial charge in [0, 0.05) is 0 Å².